The zero-order valence-electron chi connectivity index (χ0n) is 13.0. The first-order valence-corrected chi connectivity index (χ1v) is 7.41. The maximum atomic E-state index is 12.4. The molecule has 1 aliphatic heterocycles. The van der Waals surface area contributed by atoms with E-state index in [0.29, 0.717) is 37.1 Å². The molecule has 0 radical (unpaired) electrons. The van der Waals surface area contributed by atoms with Crippen LogP contribution in [0.4, 0.5) is 4.79 Å². The summed E-state index contributed by atoms with van der Waals surface area (Å²) in [6, 6.07) is 1.76. The molecule has 0 aromatic carbocycles. The van der Waals surface area contributed by atoms with E-state index in [1.54, 1.807) is 17.2 Å². The number of H-pyrrole nitrogens is 1. The molecule has 2 aromatic heterocycles. The van der Waals surface area contributed by atoms with Crippen molar-refractivity contribution >= 4 is 11.7 Å². The maximum Gasteiger partial charge on any atom is 0.410 e. The lowest BCUT2D eigenvalue weighted by Gasteiger charge is -2.26. The average Bonchev–Trinajstić information content (AvgIpc) is 2.76. The Labute approximate surface area is 127 Å². The molecule has 1 aliphatic rings. The van der Waals surface area contributed by atoms with Gasteiger partial charge < -0.3 is 9.64 Å². The fraction of sp³-hybridized carbons (Fsp3) is 0.533. The highest BCUT2D eigenvalue weighted by atomic mass is 16.6. The minimum absolute atomic E-state index is 0.0870. The fourth-order valence-corrected chi connectivity index (χ4v) is 2.61. The molecule has 118 valence electrons. The number of nitrogens with one attached hydrogen (secondary N) is 1. The van der Waals surface area contributed by atoms with Crippen LogP contribution in [0.25, 0.3) is 5.65 Å². The lowest BCUT2D eigenvalue weighted by atomic mass is 10.1. The van der Waals surface area contributed by atoms with Gasteiger partial charge >= 0.3 is 6.09 Å². The number of aromatic amines is 1. The number of fused-ring (bicyclic) bond motifs is 2. The Bertz CT molecular complexity index is 769. The van der Waals surface area contributed by atoms with Crippen LogP contribution >= 0.6 is 0 Å². The molecule has 0 saturated carbocycles. The van der Waals surface area contributed by atoms with Gasteiger partial charge in [-0.1, -0.05) is 0 Å². The minimum atomic E-state index is -0.524. The van der Waals surface area contributed by atoms with Crippen molar-refractivity contribution in [3.63, 3.8) is 0 Å². The van der Waals surface area contributed by atoms with Crippen molar-refractivity contribution in [2.45, 2.75) is 39.2 Å². The van der Waals surface area contributed by atoms with E-state index in [0.717, 1.165) is 5.69 Å². The van der Waals surface area contributed by atoms with E-state index < -0.39 is 5.60 Å². The molecule has 2 aromatic rings. The molecule has 7 heteroatoms. The second kappa shape index (κ2) is 5.15. The molecule has 22 heavy (non-hydrogen) atoms. The monoisotopic (exact) mass is 304 g/mol. The smallest absolute Gasteiger partial charge is 0.410 e. The van der Waals surface area contributed by atoms with E-state index in [4.69, 9.17) is 4.74 Å². The summed E-state index contributed by atoms with van der Waals surface area (Å²) in [4.78, 5) is 30.8. The quantitative estimate of drug-likeness (QED) is 0.797. The van der Waals surface area contributed by atoms with Gasteiger partial charge in [-0.3, -0.25) is 9.89 Å². The number of aromatic nitrogens is 3. The number of carbonyl (C=O) groups excluding carboxylic acids is 1. The Kier molecular flexibility index (Phi) is 3.42. The first kappa shape index (κ1) is 14.6. The molecule has 7 nitrogen and oxygen atoms in total. The van der Waals surface area contributed by atoms with Gasteiger partial charge in [-0.15, -0.1) is 0 Å². The zero-order chi connectivity index (χ0) is 15.9. The summed E-state index contributed by atoms with van der Waals surface area (Å²) in [6.07, 6.45) is 2.40. The summed E-state index contributed by atoms with van der Waals surface area (Å²) in [7, 11) is 0. The predicted octanol–water partition coefficient (Wildman–Crippen LogP) is 1.36. The van der Waals surface area contributed by atoms with Crippen LogP contribution < -0.4 is 5.56 Å². The maximum absolute atomic E-state index is 12.4. The van der Waals surface area contributed by atoms with Crippen molar-refractivity contribution in [2.75, 3.05) is 13.1 Å². The van der Waals surface area contributed by atoms with Crippen LogP contribution in [0.2, 0.25) is 0 Å². The fourth-order valence-electron chi connectivity index (χ4n) is 2.61. The van der Waals surface area contributed by atoms with Crippen LogP contribution in [-0.2, 0) is 17.6 Å². The second-order valence-corrected chi connectivity index (χ2v) is 6.47. The Morgan fingerprint density at radius 3 is 2.77 bits per heavy atom. The van der Waals surface area contributed by atoms with E-state index in [1.807, 2.05) is 20.8 Å². The summed E-state index contributed by atoms with van der Waals surface area (Å²) in [5, 5.41) is 2.86. The summed E-state index contributed by atoms with van der Waals surface area (Å²) < 4.78 is 6.83. The van der Waals surface area contributed by atoms with Crippen molar-refractivity contribution < 1.29 is 9.53 Å². The van der Waals surface area contributed by atoms with Gasteiger partial charge in [0.2, 0.25) is 0 Å². The minimum Gasteiger partial charge on any atom is -0.444 e. The number of carbonyl (C=O) groups is 1. The Hall–Kier alpha value is -2.31. The molecule has 0 unspecified atom stereocenters. The highest BCUT2D eigenvalue weighted by Crippen LogP contribution is 2.15. The molecule has 0 saturated heterocycles. The van der Waals surface area contributed by atoms with Gasteiger partial charge in [0, 0.05) is 37.3 Å². The Balaban J connectivity index is 1.85. The molecular formula is C15H20N4O3. The number of nitrogens with zero attached hydrogens (tertiary/aromatic N) is 3. The van der Waals surface area contributed by atoms with Crippen LogP contribution in [-0.4, -0.2) is 44.3 Å². The van der Waals surface area contributed by atoms with Crippen LogP contribution in [0.15, 0.2) is 17.1 Å². The molecule has 3 rings (SSSR count). The Morgan fingerprint density at radius 2 is 2.05 bits per heavy atom. The first-order chi connectivity index (χ1) is 10.3. The van der Waals surface area contributed by atoms with Gasteiger partial charge in [-0.2, -0.15) is 0 Å². The summed E-state index contributed by atoms with van der Waals surface area (Å²) in [5.41, 5.74) is 1.44. The molecule has 0 spiro atoms. The molecule has 0 fully saturated rings. The third-order valence-corrected chi connectivity index (χ3v) is 3.63. The number of hydrogen-bond donors (Lipinski definition) is 1. The van der Waals surface area contributed by atoms with Gasteiger partial charge in [0.25, 0.3) is 5.56 Å². The molecule has 1 amide bonds. The highest BCUT2D eigenvalue weighted by Gasteiger charge is 2.26. The van der Waals surface area contributed by atoms with Crippen molar-refractivity contribution in [3.8, 4) is 0 Å². The average molecular weight is 304 g/mol. The zero-order valence-corrected chi connectivity index (χ0v) is 13.0. The predicted molar refractivity (Wildman–Crippen MR) is 81.0 cm³/mol. The van der Waals surface area contributed by atoms with Gasteiger partial charge in [-0.05, 0) is 27.2 Å². The number of rotatable bonds is 0. The van der Waals surface area contributed by atoms with E-state index in [2.05, 4.69) is 10.1 Å². The van der Waals surface area contributed by atoms with Gasteiger partial charge in [0.15, 0.2) is 5.65 Å². The van der Waals surface area contributed by atoms with Crippen molar-refractivity contribution in [1.29, 1.82) is 0 Å². The second-order valence-electron chi connectivity index (χ2n) is 6.47. The normalized spacial score (nSPS) is 15.5. The standard InChI is InChI=1S/C15H20N4O3/c1-15(2,3)22-14(21)18-8-5-10-11(6-9-18)17-12-4-7-16-19(12)13(10)20/h4,7,16H,5-6,8-9H2,1-3H3. The summed E-state index contributed by atoms with van der Waals surface area (Å²) >= 11 is 0. The number of ether oxygens (including phenoxy) is 1. The lowest BCUT2D eigenvalue weighted by molar-refractivity contribution is 0.0258. The number of hydrogen-bond acceptors (Lipinski definition) is 4. The largest absolute Gasteiger partial charge is 0.444 e. The SMILES string of the molecule is CC(C)(C)OC(=O)N1CCc2nc3cc[nH]n3c(=O)c2CC1. The van der Waals surface area contributed by atoms with Crippen molar-refractivity contribution in [3.05, 3.63) is 33.9 Å². The van der Waals surface area contributed by atoms with Gasteiger partial charge in [0.1, 0.15) is 5.60 Å². The van der Waals surface area contributed by atoms with Gasteiger partial charge in [0.05, 0.1) is 5.69 Å². The third kappa shape index (κ3) is 2.70. The van der Waals surface area contributed by atoms with E-state index in [1.165, 1.54) is 4.52 Å². The van der Waals surface area contributed by atoms with E-state index in [9.17, 15) is 9.59 Å². The third-order valence-electron chi connectivity index (χ3n) is 3.63. The van der Waals surface area contributed by atoms with Crippen LogP contribution in [0, 0.1) is 0 Å². The molecular weight excluding hydrogens is 284 g/mol. The van der Waals surface area contributed by atoms with Crippen molar-refractivity contribution in [1.82, 2.24) is 19.5 Å². The van der Waals surface area contributed by atoms with Gasteiger partial charge in [-0.25, -0.2) is 14.3 Å². The molecule has 3 heterocycles. The van der Waals surface area contributed by atoms with Crippen LogP contribution in [0.5, 0.6) is 0 Å². The molecule has 1 N–H and O–H groups in total. The molecule has 0 bridgehead atoms. The van der Waals surface area contributed by atoms with E-state index in [-0.39, 0.29) is 11.7 Å². The number of amides is 1. The van der Waals surface area contributed by atoms with Crippen molar-refractivity contribution in [2.24, 2.45) is 0 Å². The molecule has 0 aliphatic carbocycles. The highest BCUT2D eigenvalue weighted by molar-refractivity contribution is 5.68. The Morgan fingerprint density at radius 1 is 1.32 bits per heavy atom. The first-order valence-electron chi connectivity index (χ1n) is 7.41. The van der Waals surface area contributed by atoms with Crippen LogP contribution in [0.1, 0.15) is 32.0 Å². The van der Waals surface area contributed by atoms with Crippen LogP contribution in [0.3, 0.4) is 0 Å². The summed E-state index contributed by atoms with van der Waals surface area (Å²) in [5.74, 6) is 0. The molecule has 0 atom stereocenters. The van der Waals surface area contributed by atoms with E-state index >= 15 is 0 Å². The summed E-state index contributed by atoms with van der Waals surface area (Å²) in [6.45, 7) is 6.50. The lowest BCUT2D eigenvalue weighted by Crippen LogP contribution is -2.38. The topological polar surface area (TPSA) is 79.7 Å².